The van der Waals surface area contributed by atoms with Gasteiger partial charge in [-0.3, -0.25) is 9.59 Å². The van der Waals surface area contributed by atoms with Crippen molar-refractivity contribution >= 4 is 69.6 Å². The second-order valence-corrected chi connectivity index (χ2v) is 6.81. The summed E-state index contributed by atoms with van der Waals surface area (Å²) in [5.74, 6) is -0.814. The van der Waals surface area contributed by atoms with Gasteiger partial charge in [-0.15, -0.1) is 0 Å². The maximum Gasteiger partial charge on any atom is 0.283 e. The molecule has 0 bridgehead atoms. The number of imide groups is 1. The van der Waals surface area contributed by atoms with Crippen molar-refractivity contribution in [2.24, 2.45) is 0 Å². The van der Waals surface area contributed by atoms with Crippen LogP contribution >= 0.6 is 46.4 Å². The summed E-state index contributed by atoms with van der Waals surface area (Å²) in [5, 5.41) is 3.44. The minimum absolute atomic E-state index is 0.0658. The van der Waals surface area contributed by atoms with Gasteiger partial charge in [0, 0.05) is 5.69 Å². The number of nitrogens with one attached hydrogen (secondary N) is 1. The topological polar surface area (TPSA) is 58.6 Å². The molecule has 0 aromatic heterocycles. The number of amides is 2. The first-order chi connectivity index (χ1) is 12.3. The van der Waals surface area contributed by atoms with E-state index in [0.717, 1.165) is 4.90 Å². The van der Waals surface area contributed by atoms with E-state index in [-0.39, 0.29) is 21.4 Å². The molecule has 9 heteroatoms. The van der Waals surface area contributed by atoms with Gasteiger partial charge in [-0.05, 0) is 36.4 Å². The van der Waals surface area contributed by atoms with Crippen molar-refractivity contribution in [2.45, 2.75) is 0 Å². The number of benzene rings is 2. The Labute approximate surface area is 169 Å². The smallest absolute Gasteiger partial charge is 0.283 e. The Kier molecular flexibility index (Phi) is 5.34. The Hall–Kier alpha value is -1.92. The Bertz CT molecular complexity index is 959. The normalized spacial score (nSPS) is 14.3. The van der Waals surface area contributed by atoms with Crippen LogP contribution in [0.1, 0.15) is 0 Å². The number of halogens is 4. The standard InChI is InChI=1S/C17H10Cl4N2O3/c1-26-13-5-2-8(6-12(13)20)22-15-14(21)16(24)23(17(15)25)9-3-4-10(18)11(19)7-9/h2-7,22H,1H3. The quantitative estimate of drug-likeness (QED) is 0.684. The Morgan fingerprint density at radius 1 is 0.885 bits per heavy atom. The van der Waals surface area contributed by atoms with E-state index in [1.165, 1.54) is 25.3 Å². The number of rotatable bonds is 4. The van der Waals surface area contributed by atoms with Crippen LogP contribution in [0.25, 0.3) is 0 Å². The van der Waals surface area contributed by atoms with Gasteiger partial charge in [0.25, 0.3) is 11.8 Å². The molecule has 0 unspecified atom stereocenters. The monoisotopic (exact) mass is 430 g/mol. The van der Waals surface area contributed by atoms with Gasteiger partial charge in [-0.25, -0.2) is 4.90 Å². The molecule has 134 valence electrons. The van der Waals surface area contributed by atoms with Gasteiger partial charge in [0.15, 0.2) is 0 Å². The highest BCUT2D eigenvalue weighted by molar-refractivity contribution is 6.53. The van der Waals surface area contributed by atoms with Gasteiger partial charge in [0.2, 0.25) is 0 Å². The van der Waals surface area contributed by atoms with Crippen LogP contribution in [-0.2, 0) is 9.59 Å². The molecule has 0 saturated carbocycles. The van der Waals surface area contributed by atoms with Crippen LogP contribution in [0.15, 0.2) is 47.1 Å². The van der Waals surface area contributed by atoms with Gasteiger partial charge in [0.1, 0.15) is 16.5 Å². The maximum absolute atomic E-state index is 12.7. The fraction of sp³-hybridized carbons (Fsp3) is 0.0588. The molecule has 2 aromatic carbocycles. The summed E-state index contributed by atoms with van der Waals surface area (Å²) < 4.78 is 5.07. The SMILES string of the molecule is COc1ccc(NC2=C(Cl)C(=O)N(c3ccc(Cl)c(Cl)c3)C2=O)cc1Cl. The molecule has 1 aliphatic rings. The lowest BCUT2D eigenvalue weighted by Gasteiger charge is -2.16. The van der Waals surface area contributed by atoms with Gasteiger partial charge < -0.3 is 10.1 Å². The van der Waals surface area contributed by atoms with Crippen LogP contribution < -0.4 is 15.0 Å². The van der Waals surface area contributed by atoms with Crippen molar-refractivity contribution in [3.8, 4) is 5.75 Å². The zero-order valence-corrected chi connectivity index (χ0v) is 16.2. The third-order valence-electron chi connectivity index (χ3n) is 3.61. The fourth-order valence-electron chi connectivity index (χ4n) is 2.36. The number of anilines is 2. The molecule has 1 aliphatic heterocycles. The molecule has 1 N–H and O–H groups in total. The highest BCUT2D eigenvalue weighted by atomic mass is 35.5. The second kappa shape index (κ2) is 7.37. The number of hydrogen-bond acceptors (Lipinski definition) is 4. The number of carbonyl (C=O) groups excluding carboxylic acids is 2. The predicted molar refractivity (Wildman–Crippen MR) is 103 cm³/mol. The largest absolute Gasteiger partial charge is 0.495 e. The highest BCUT2D eigenvalue weighted by Gasteiger charge is 2.39. The lowest BCUT2D eigenvalue weighted by Crippen LogP contribution is -2.32. The number of nitrogens with zero attached hydrogens (tertiary/aromatic N) is 1. The van der Waals surface area contributed by atoms with Crippen LogP contribution in [0, 0.1) is 0 Å². The van der Waals surface area contributed by atoms with Crippen molar-refractivity contribution in [3.63, 3.8) is 0 Å². The molecular weight excluding hydrogens is 422 g/mol. The van der Waals surface area contributed by atoms with Gasteiger partial charge >= 0.3 is 0 Å². The average Bonchev–Trinajstić information content (AvgIpc) is 2.81. The molecule has 0 radical (unpaired) electrons. The fourth-order valence-corrected chi connectivity index (χ4v) is 3.12. The van der Waals surface area contributed by atoms with Crippen molar-refractivity contribution < 1.29 is 14.3 Å². The molecule has 0 saturated heterocycles. The molecule has 0 atom stereocenters. The summed E-state index contributed by atoms with van der Waals surface area (Å²) in [6.07, 6.45) is 0. The van der Waals surface area contributed by atoms with E-state index in [2.05, 4.69) is 5.32 Å². The molecule has 2 aromatic rings. The predicted octanol–water partition coefficient (Wildman–Crippen LogP) is 5.09. The average molecular weight is 432 g/mol. The van der Waals surface area contributed by atoms with Crippen LogP contribution in [0.3, 0.4) is 0 Å². The molecule has 0 aliphatic carbocycles. The number of hydrogen-bond donors (Lipinski definition) is 1. The van der Waals surface area contributed by atoms with Crippen LogP contribution in [0.5, 0.6) is 5.75 Å². The third-order valence-corrected chi connectivity index (χ3v) is 4.99. The molecule has 2 amide bonds. The van der Waals surface area contributed by atoms with Gasteiger partial charge in [-0.1, -0.05) is 46.4 Å². The lowest BCUT2D eigenvalue weighted by atomic mass is 10.2. The molecule has 3 rings (SSSR count). The van der Waals surface area contributed by atoms with E-state index in [1.807, 2.05) is 0 Å². The molecule has 0 spiro atoms. The minimum atomic E-state index is -0.669. The first-order valence-corrected chi connectivity index (χ1v) is 8.69. The first kappa shape index (κ1) is 18.9. The third kappa shape index (κ3) is 3.35. The van der Waals surface area contributed by atoms with E-state index < -0.39 is 11.8 Å². The van der Waals surface area contributed by atoms with Crippen LogP contribution in [-0.4, -0.2) is 18.9 Å². The molecule has 1 heterocycles. The molecule has 5 nitrogen and oxygen atoms in total. The summed E-state index contributed by atoms with van der Waals surface area (Å²) in [5.41, 5.74) is 0.669. The summed E-state index contributed by atoms with van der Waals surface area (Å²) >= 11 is 24.0. The first-order valence-electron chi connectivity index (χ1n) is 7.17. The minimum Gasteiger partial charge on any atom is -0.495 e. The number of ether oxygens (including phenoxy) is 1. The van der Waals surface area contributed by atoms with Crippen LogP contribution in [0.2, 0.25) is 15.1 Å². The Morgan fingerprint density at radius 3 is 2.23 bits per heavy atom. The lowest BCUT2D eigenvalue weighted by molar-refractivity contribution is -0.120. The van der Waals surface area contributed by atoms with E-state index in [9.17, 15) is 9.59 Å². The molecule has 0 fully saturated rings. The number of methoxy groups -OCH3 is 1. The van der Waals surface area contributed by atoms with E-state index in [1.54, 1.807) is 18.2 Å². The van der Waals surface area contributed by atoms with E-state index in [0.29, 0.717) is 21.5 Å². The highest BCUT2D eigenvalue weighted by Crippen LogP contribution is 2.34. The summed E-state index contributed by atoms with van der Waals surface area (Å²) in [7, 11) is 1.49. The van der Waals surface area contributed by atoms with Crippen molar-refractivity contribution in [2.75, 3.05) is 17.3 Å². The van der Waals surface area contributed by atoms with Crippen molar-refractivity contribution in [1.82, 2.24) is 0 Å². The Balaban J connectivity index is 1.91. The van der Waals surface area contributed by atoms with Crippen molar-refractivity contribution in [3.05, 3.63) is 62.2 Å². The maximum atomic E-state index is 12.7. The second-order valence-electron chi connectivity index (χ2n) is 5.21. The summed E-state index contributed by atoms with van der Waals surface area (Å²) in [6, 6.07) is 9.22. The zero-order chi connectivity index (χ0) is 19.0. The van der Waals surface area contributed by atoms with E-state index >= 15 is 0 Å². The summed E-state index contributed by atoms with van der Waals surface area (Å²) in [4.78, 5) is 26.1. The number of carbonyl (C=O) groups is 2. The van der Waals surface area contributed by atoms with E-state index in [4.69, 9.17) is 51.1 Å². The van der Waals surface area contributed by atoms with Crippen molar-refractivity contribution in [1.29, 1.82) is 0 Å². The molecular formula is C17H10Cl4N2O3. The zero-order valence-electron chi connectivity index (χ0n) is 13.1. The summed E-state index contributed by atoms with van der Waals surface area (Å²) in [6.45, 7) is 0. The van der Waals surface area contributed by atoms with Gasteiger partial charge in [-0.2, -0.15) is 0 Å². The Morgan fingerprint density at radius 2 is 1.62 bits per heavy atom. The van der Waals surface area contributed by atoms with Gasteiger partial charge in [0.05, 0.1) is 27.9 Å². The molecule has 26 heavy (non-hydrogen) atoms. The van der Waals surface area contributed by atoms with Crippen LogP contribution in [0.4, 0.5) is 11.4 Å².